The molecule has 0 unspecified atom stereocenters. The Balaban J connectivity index is 0. The molecule has 5 heteroatoms. The number of carbonyl (C=O) groups excluding carboxylic acids is 1. The van der Waals surface area contributed by atoms with Crippen LogP contribution in [-0.4, -0.2) is 31.2 Å². The Morgan fingerprint density at radius 2 is 2.18 bits per heavy atom. The summed E-state index contributed by atoms with van der Waals surface area (Å²) < 4.78 is 4.50. The average molecular weight is 306 g/mol. The Kier molecular flexibility index (Phi) is 11.0. The quantitative estimate of drug-likeness (QED) is 0.615. The molecule has 2 radical (unpaired) electrons. The van der Waals surface area contributed by atoms with Crippen LogP contribution in [0.5, 0.6) is 0 Å². The van der Waals surface area contributed by atoms with Gasteiger partial charge in [-0.1, -0.05) is 6.54 Å². The molecule has 3 nitrogen and oxygen atoms in total. The van der Waals surface area contributed by atoms with E-state index in [9.17, 15) is 4.79 Å². The van der Waals surface area contributed by atoms with Crippen molar-refractivity contribution < 1.29 is 74.9 Å². The van der Waals surface area contributed by atoms with Crippen LogP contribution >= 0.6 is 0 Å². The Labute approximate surface area is 117 Å². The topological polar surface area (TPSA) is 29.5 Å². The van der Waals surface area contributed by atoms with E-state index in [2.05, 4.69) is 11.2 Å². The van der Waals surface area contributed by atoms with E-state index in [4.69, 9.17) is 0 Å². The molecule has 0 saturated carbocycles. The summed E-state index contributed by atoms with van der Waals surface area (Å²) in [5.74, 6) is 0. The molecule has 1 rings (SSSR count). The van der Waals surface area contributed by atoms with E-state index >= 15 is 0 Å². The predicted molar refractivity (Wildman–Crippen MR) is 32.9 cm³/mol. The zero-order chi connectivity index (χ0) is 6.69. The third-order valence-electron chi connectivity index (χ3n) is 1.39. The van der Waals surface area contributed by atoms with Gasteiger partial charge in [0.2, 0.25) is 0 Å². The van der Waals surface area contributed by atoms with Crippen molar-refractivity contribution in [2.24, 2.45) is 0 Å². The van der Waals surface area contributed by atoms with E-state index < -0.39 is 0 Å². The number of ether oxygens (including phenoxy) is 1. The molecule has 1 saturated heterocycles. The second-order valence-electron chi connectivity index (χ2n) is 1.99. The fourth-order valence-electron chi connectivity index (χ4n) is 0.880. The van der Waals surface area contributed by atoms with Crippen molar-refractivity contribution >= 4 is 6.09 Å². The van der Waals surface area contributed by atoms with Gasteiger partial charge in [-0.2, -0.15) is 6.42 Å². The summed E-state index contributed by atoms with van der Waals surface area (Å²) in [6.45, 7) is 1.55. The molecule has 1 fully saturated rings. The van der Waals surface area contributed by atoms with Crippen LogP contribution in [0.2, 0.25) is 0 Å². The van der Waals surface area contributed by atoms with Crippen molar-refractivity contribution in [3.63, 3.8) is 0 Å². The minimum absolute atomic E-state index is 0. The molecule has 0 spiro atoms. The second kappa shape index (κ2) is 8.09. The molecule has 11 heavy (non-hydrogen) atoms. The van der Waals surface area contributed by atoms with E-state index in [0.717, 1.165) is 19.5 Å². The molecule has 0 aliphatic carbocycles. The second-order valence-corrected chi connectivity index (χ2v) is 1.99. The SMILES string of the molecule is COC(=O)N1C[CH-]CC1.[Y].[Y]. The van der Waals surface area contributed by atoms with E-state index in [1.54, 1.807) is 4.90 Å². The first-order chi connectivity index (χ1) is 4.34. The predicted octanol–water partition coefficient (Wildman–Crippen LogP) is 0.658. The van der Waals surface area contributed by atoms with Crippen molar-refractivity contribution in [2.75, 3.05) is 20.2 Å². The van der Waals surface area contributed by atoms with Crippen molar-refractivity contribution in [2.45, 2.75) is 6.42 Å². The van der Waals surface area contributed by atoms with Crippen LogP contribution in [0.15, 0.2) is 0 Å². The van der Waals surface area contributed by atoms with Crippen LogP contribution < -0.4 is 0 Å². The molecule has 0 atom stereocenters. The number of likely N-dealkylation sites (tertiary alicyclic amines) is 1. The summed E-state index contributed by atoms with van der Waals surface area (Å²) >= 11 is 0. The van der Waals surface area contributed by atoms with E-state index in [0.29, 0.717) is 0 Å². The summed E-state index contributed by atoms with van der Waals surface area (Å²) in [4.78, 5) is 12.4. The number of hydrogen-bond acceptors (Lipinski definition) is 2. The van der Waals surface area contributed by atoms with E-state index in [-0.39, 0.29) is 71.5 Å². The van der Waals surface area contributed by atoms with Gasteiger partial charge in [-0.05, 0) is 6.54 Å². The summed E-state index contributed by atoms with van der Waals surface area (Å²) in [6.07, 6.45) is 2.84. The fraction of sp³-hybridized carbons (Fsp3) is 0.667. The van der Waals surface area contributed by atoms with Crippen LogP contribution in [0, 0.1) is 6.42 Å². The van der Waals surface area contributed by atoms with Gasteiger partial charge in [0.25, 0.3) is 0 Å². The van der Waals surface area contributed by atoms with Crippen LogP contribution in [0.1, 0.15) is 6.42 Å². The number of rotatable bonds is 0. The number of methoxy groups -OCH3 is 1. The molecule has 1 amide bonds. The van der Waals surface area contributed by atoms with Crippen LogP contribution in [0.25, 0.3) is 0 Å². The van der Waals surface area contributed by atoms with Gasteiger partial charge < -0.3 is 16.1 Å². The summed E-state index contributed by atoms with van der Waals surface area (Å²) in [6, 6.07) is 0. The van der Waals surface area contributed by atoms with E-state index in [1.165, 1.54) is 7.11 Å². The molecule has 58 valence electrons. The van der Waals surface area contributed by atoms with Crippen molar-refractivity contribution in [3.8, 4) is 0 Å². The van der Waals surface area contributed by atoms with Gasteiger partial charge in [-0.25, -0.2) is 4.79 Å². The molecule has 0 N–H and O–H groups in total. The molecule has 0 aromatic carbocycles. The van der Waals surface area contributed by atoms with Gasteiger partial charge in [0.1, 0.15) is 0 Å². The summed E-state index contributed by atoms with van der Waals surface area (Å²) in [5.41, 5.74) is 0. The minimum Gasteiger partial charge on any atom is -0.453 e. The van der Waals surface area contributed by atoms with Crippen molar-refractivity contribution in [1.82, 2.24) is 4.90 Å². The Bertz CT molecular complexity index is 115. The fourth-order valence-corrected chi connectivity index (χ4v) is 0.880. The molecular weight excluding hydrogens is 296 g/mol. The third kappa shape index (κ3) is 4.92. The number of nitrogens with zero attached hydrogens (tertiary/aromatic N) is 1. The Morgan fingerprint density at radius 1 is 1.55 bits per heavy atom. The first kappa shape index (κ1) is 15.0. The largest absolute Gasteiger partial charge is 0.453 e. The zero-order valence-corrected chi connectivity index (χ0v) is 12.3. The molecule has 1 aliphatic rings. The normalized spacial score (nSPS) is 14.8. The van der Waals surface area contributed by atoms with Gasteiger partial charge in [0.05, 0.1) is 7.11 Å². The molecule has 1 aliphatic heterocycles. The van der Waals surface area contributed by atoms with E-state index in [1.807, 2.05) is 0 Å². The maximum atomic E-state index is 10.7. The van der Waals surface area contributed by atoms with Gasteiger partial charge in [0.15, 0.2) is 0 Å². The van der Waals surface area contributed by atoms with Gasteiger partial charge in [-0.3, -0.25) is 0 Å². The van der Waals surface area contributed by atoms with Crippen LogP contribution in [0.4, 0.5) is 4.79 Å². The third-order valence-corrected chi connectivity index (χ3v) is 1.39. The Hall–Kier alpha value is 1.48. The smallest absolute Gasteiger partial charge is 0.406 e. The van der Waals surface area contributed by atoms with Gasteiger partial charge >= 0.3 is 6.09 Å². The van der Waals surface area contributed by atoms with Crippen molar-refractivity contribution in [1.29, 1.82) is 0 Å². The molecule has 1 heterocycles. The minimum atomic E-state index is -0.219. The first-order valence-electron chi connectivity index (χ1n) is 2.99. The Morgan fingerprint density at radius 3 is 2.55 bits per heavy atom. The van der Waals surface area contributed by atoms with Gasteiger partial charge in [0, 0.05) is 65.4 Å². The standard InChI is InChI=1S/C6H10NO2.2Y/c1-9-6(8)7-4-2-3-5-7;;/h2H,3-5H2,1H3;;/q-1;;. The maximum absolute atomic E-state index is 10.7. The number of amides is 1. The summed E-state index contributed by atoms with van der Waals surface area (Å²) in [7, 11) is 1.40. The average Bonchev–Trinajstić information content (AvgIpc) is 2.37. The molecular formula is C6H10NO2Y2-. The molecule has 0 aromatic heterocycles. The molecule has 0 bridgehead atoms. The van der Waals surface area contributed by atoms with Crippen LogP contribution in [-0.2, 0) is 70.2 Å². The monoisotopic (exact) mass is 306 g/mol. The number of carbonyl (C=O) groups is 1. The van der Waals surface area contributed by atoms with Crippen molar-refractivity contribution in [3.05, 3.63) is 6.42 Å². The van der Waals surface area contributed by atoms with Crippen LogP contribution in [0.3, 0.4) is 0 Å². The summed E-state index contributed by atoms with van der Waals surface area (Å²) in [5, 5.41) is 0. The first-order valence-corrected chi connectivity index (χ1v) is 2.99. The number of hydrogen-bond donors (Lipinski definition) is 0. The molecule has 0 aromatic rings. The maximum Gasteiger partial charge on any atom is 0.406 e. The van der Waals surface area contributed by atoms with Gasteiger partial charge in [-0.15, -0.1) is 0 Å². The zero-order valence-electron chi connectivity index (χ0n) is 6.62.